The largest absolute Gasteiger partial charge is 0.489 e. The summed E-state index contributed by atoms with van der Waals surface area (Å²) in [4.78, 5) is 40.1. The lowest BCUT2D eigenvalue weighted by Gasteiger charge is -2.31. The van der Waals surface area contributed by atoms with Crippen molar-refractivity contribution < 1.29 is 23.5 Å². The van der Waals surface area contributed by atoms with Crippen molar-refractivity contribution in [3.63, 3.8) is 0 Å². The molecular weight excluding hydrogens is 389 g/mol. The van der Waals surface area contributed by atoms with Crippen molar-refractivity contribution in [3.8, 4) is 5.75 Å². The topological polar surface area (TPSA) is 79.0 Å². The van der Waals surface area contributed by atoms with E-state index >= 15 is 0 Å². The highest BCUT2D eigenvalue weighted by atomic mass is 19.1. The smallest absolute Gasteiger partial charge is 0.255 e. The third-order valence-electron chi connectivity index (χ3n) is 6.45. The predicted octanol–water partition coefficient (Wildman–Crippen LogP) is 2.04. The van der Waals surface area contributed by atoms with E-state index in [9.17, 15) is 18.8 Å². The molecule has 1 unspecified atom stereocenters. The van der Waals surface area contributed by atoms with Gasteiger partial charge in [-0.1, -0.05) is 6.92 Å². The van der Waals surface area contributed by atoms with Crippen LogP contribution >= 0.6 is 0 Å². The highest BCUT2D eigenvalue weighted by molar-refractivity contribution is 6.05. The third-order valence-corrected chi connectivity index (χ3v) is 6.45. The van der Waals surface area contributed by atoms with Crippen LogP contribution in [0.4, 0.5) is 4.39 Å². The maximum Gasteiger partial charge on any atom is 0.255 e. The maximum atomic E-state index is 12.9. The van der Waals surface area contributed by atoms with Crippen molar-refractivity contribution in [1.82, 2.24) is 15.1 Å². The minimum atomic E-state index is -0.620. The number of halogens is 1. The second-order valence-electron chi connectivity index (χ2n) is 8.19. The highest BCUT2D eigenvalue weighted by Crippen LogP contribution is 2.33. The molecule has 0 bridgehead atoms. The minimum absolute atomic E-state index is 0.00195. The molecule has 0 aromatic heterocycles. The normalized spacial score (nSPS) is 26.3. The van der Waals surface area contributed by atoms with Gasteiger partial charge in [0.15, 0.2) is 0 Å². The molecule has 0 spiro atoms. The Hall–Kier alpha value is -2.48. The summed E-state index contributed by atoms with van der Waals surface area (Å²) in [5, 5.41) is 2.32. The summed E-state index contributed by atoms with van der Waals surface area (Å²) in [6.07, 6.45) is 3.54. The molecule has 2 aliphatic heterocycles. The molecule has 1 aliphatic carbocycles. The zero-order valence-electron chi connectivity index (χ0n) is 17.2. The van der Waals surface area contributed by atoms with Gasteiger partial charge in [0.2, 0.25) is 11.8 Å². The van der Waals surface area contributed by atoms with Gasteiger partial charge in [0.25, 0.3) is 5.91 Å². The van der Waals surface area contributed by atoms with Crippen LogP contribution in [0.15, 0.2) is 18.2 Å². The maximum absolute atomic E-state index is 12.9. The summed E-state index contributed by atoms with van der Waals surface area (Å²) in [6.45, 7) is 3.20. The van der Waals surface area contributed by atoms with Gasteiger partial charge in [-0.15, -0.1) is 0 Å². The van der Waals surface area contributed by atoms with E-state index in [1.807, 2.05) is 13.0 Å². The first-order valence-electron chi connectivity index (χ1n) is 10.8. The number of carbonyl (C=O) groups excluding carboxylic acids is 3. The molecule has 1 aromatic rings. The number of piperidine rings is 1. The van der Waals surface area contributed by atoms with Gasteiger partial charge in [-0.25, -0.2) is 4.39 Å². The number of nitrogens with zero attached hydrogens (tertiary/aromatic N) is 2. The Morgan fingerprint density at radius 3 is 2.80 bits per heavy atom. The van der Waals surface area contributed by atoms with Crippen molar-refractivity contribution >= 4 is 17.7 Å². The van der Waals surface area contributed by atoms with Gasteiger partial charge in [0.05, 0.1) is 0 Å². The summed E-state index contributed by atoms with van der Waals surface area (Å²) in [7, 11) is 0. The molecule has 1 saturated heterocycles. The summed E-state index contributed by atoms with van der Waals surface area (Å²) < 4.78 is 19.2. The summed E-state index contributed by atoms with van der Waals surface area (Å²) in [6, 6.07) is 5.00. The zero-order chi connectivity index (χ0) is 21.3. The molecule has 7 nitrogen and oxygen atoms in total. The second-order valence-corrected chi connectivity index (χ2v) is 8.19. The molecule has 4 rings (SSSR count). The number of hydrogen-bond acceptors (Lipinski definition) is 5. The lowest BCUT2D eigenvalue weighted by molar-refractivity contribution is -0.136. The second kappa shape index (κ2) is 8.71. The van der Waals surface area contributed by atoms with E-state index < -0.39 is 11.9 Å². The Kier molecular flexibility index (Phi) is 6.04. The molecule has 3 atom stereocenters. The van der Waals surface area contributed by atoms with E-state index in [-0.39, 0.29) is 37.1 Å². The zero-order valence-corrected chi connectivity index (χ0v) is 17.2. The summed E-state index contributed by atoms with van der Waals surface area (Å²) in [5.41, 5.74) is 1.40. The van der Waals surface area contributed by atoms with Crippen LogP contribution in [0.1, 0.15) is 54.9 Å². The lowest BCUT2D eigenvalue weighted by Crippen LogP contribution is -2.52. The minimum Gasteiger partial charge on any atom is -0.489 e. The number of nitrogens with one attached hydrogen (secondary N) is 1. The van der Waals surface area contributed by atoms with Crippen LogP contribution in [0.25, 0.3) is 0 Å². The van der Waals surface area contributed by atoms with Crippen LogP contribution < -0.4 is 10.1 Å². The van der Waals surface area contributed by atoms with E-state index in [1.165, 1.54) is 4.90 Å². The molecule has 1 aromatic carbocycles. The van der Waals surface area contributed by atoms with Crippen LogP contribution in [0.3, 0.4) is 0 Å². The summed E-state index contributed by atoms with van der Waals surface area (Å²) in [5.74, 6) is -0.203. The molecule has 8 heteroatoms. The number of amides is 3. The van der Waals surface area contributed by atoms with Gasteiger partial charge >= 0.3 is 0 Å². The highest BCUT2D eigenvalue weighted by Gasteiger charge is 2.39. The first kappa shape index (κ1) is 20.8. The molecule has 0 radical (unpaired) electrons. The molecule has 1 N–H and O–H groups in total. The Morgan fingerprint density at radius 1 is 1.23 bits per heavy atom. The van der Waals surface area contributed by atoms with Gasteiger partial charge in [-0.3, -0.25) is 24.6 Å². The van der Waals surface area contributed by atoms with Crippen LogP contribution in [0, 0.1) is 0 Å². The lowest BCUT2D eigenvalue weighted by atomic mass is 10.0. The van der Waals surface area contributed by atoms with E-state index in [2.05, 4.69) is 10.2 Å². The van der Waals surface area contributed by atoms with Gasteiger partial charge in [-0.2, -0.15) is 0 Å². The molecule has 3 amide bonds. The first-order chi connectivity index (χ1) is 14.5. The van der Waals surface area contributed by atoms with E-state index in [0.717, 1.165) is 31.4 Å². The van der Waals surface area contributed by atoms with Crippen LogP contribution in [0.5, 0.6) is 5.75 Å². The van der Waals surface area contributed by atoms with Gasteiger partial charge in [0.1, 0.15) is 24.6 Å². The van der Waals surface area contributed by atoms with Crippen LogP contribution in [-0.4, -0.2) is 65.5 Å². The predicted molar refractivity (Wildman–Crippen MR) is 108 cm³/mol. The molecular formula is C22H28FN3O4. The van der Waals surface area contributed by atoms with Gasteiger partial charge in [-0.05, 0) is 56.0 Å². The molecule has 3 aliphatic rings. The van der Waals surface area contributed by atoms with Crippen molar-refractivity contribution in [1.29, 1.82) is 0 Å². The quantitative estimate of drug-likeness (QED) is 0.687. The number of ether oxygens (including phenoxy) is 1. The van der Waals surface area contributed by atoms with Gasteiger partial charge < -0.3 is 9.64 Å². The van der Waals surface area contributed by atoms with E-state index in [0.29, 0.717) is 30.8 Å². The van der Waals surface area contributed by atoms with E-state index in [4.69, 9.17) is 4.74 Å². The van der Waals surface area contributed by atoms with Gasteiger partial charge in [0, 0.05) is 31.1 Å². The first-order valence-corrected chi connectivity index (χ1v) is 10.8. The number of fused-ring (bicyclic) bond motifs is 1. The fourth-order valence-corrected chi connectivity index (χ4v) is 4.93. The molecule has 30 heavy (non-hydrogen) atoms. The molecule has 162 valence electrons. The number of carbonyl (C=O) groups is 3. The average Bonchev–Trinajstić information content (AvgIpc) is 3.30. The monoisotopic (exact) mass is 417 g/mol. The standard InChI is InChI=1S/C22H28FN3O4/c1-2-25(11-10-23)17-4-3-5-19(17)30-15-6-7-16-14(12-15)13-26(22(16)29)18-8-9-20(27)24-21(18)28/h6-7,12,17-19H,2-5,8-11,13H2,1H3,(H,24,27,28)/t17-,18?,19+/m1/s1. The molecule has 2 fully saturated rings. The Balaban J connectivity index is 1.46. The number of hydrogen-bond donors (Lipinski definition) is 1. The summed E-state index contributed by atoms with van der Waals surface area (Å²) >= 11 is 0. The number of alkyl halides is 1. The number of benzene rings is 1. The number of imide groups is 1. The number of likely N-dealkylation sites (N-methyl/N-ethyl adjacent to an activating group) is 1. The Bertz CT molecular complexity index is 846. The van der Waals surface area contributed by atoms with Crippen molar-refractivity contribution in [2.75, 3.05) is 19.8 Å². The van der Waals surface area contributed by atoms with E-state index in [1.54, 1.807) is 12.1 Å². The Morgan fingerprint density at radius 2 is 2.07 bits per heavy atom. The fourth-order valence-electron chi connectivity index (χ4n) is 4.93. The molecule has 2 heterocycles. The SMILES string of the molecule is CCN(CCF)[C@@H]1CCC[C@@H]1Oc1ccc2c(c1)CN(C1CCC(=O)NC1=O)C2=O. The average molecular weight is 417 g/mol. The molecule has 1 saturated carbocycles. The van der Waals surface area contributed by atoms with Crippen LogP contribution in [0.2, 0.25) is 0 Å². The number of rotatable bonds is 7. The van der Waals surface area contributed by atoms with Crippen molar-refractivity contribution in [2.24, 2.45) is 0 Å². The Labute approximate surface area is 175 Å². The van der Waals surface area contributed by atoms with Crippen molar-refractivity contribution in [2.45, 2.75) is 63.8 Å². The van der Waals surface area contributed by atoms with Crippen LogP contribution in [-0.2, 0) is 16.1 Å². The van der Waals surface area contributed by atoms with Crippen molar-refractivity contribution in [3.05, 3.63) is 29.3 Å². The fraction of sp³-hybridized carbons (Fsp3) is 0.591. The third kappa shape index (κ3) is 3.93.